The Bertz CT molecular complexity index is 1010. The van der Waals surface area contributed by atoms with Gasteiger partial charge in [-0.2, -0.15) is 0 Å². The molecule has 6 nitrogen and oxygen atoms in total. The molecule has 0 unspecified atom stereocenters. The first kappa shape index (κ1) is 20.2. The minimum absolute atomic E-state index is 0.0591. The highest BCUT2D eigenvalue weighted by molar-refractivity contribution is 6.00. The van der Waals surface area contributed by atoms with E-state index < -0.39 is 5.91 Å². The molecule has 0 fully saturated rings. The summed E-state index contributed by atoms with van der Waals surface area (Å²) < 4.78 is 7.57. The molecule has 0 spiro atoms. The molecule has 0 aliphatic heterocycles. The lowest BCUT2D eigenvalue weighted by Crippen LogP contribution is -2.41. The molecule has 0 aliphatic carbocycles. The highest BCUT2D eigenvalue weighted by Gasteiger charge is 2.17. The highest BCUT2D eigenvalue weighted by atomic mass is 16.5. The van der Waals surface area contributed by atoms with Gasteiger partial charge in [0.05, 0.1) is 11.7 Å². The Labute approximate surface area is 170 Å². The Hall–Kier alpha value is -3.54. The Morgan fingerprint density at radius 1 is 0.897 bits per heavy atom. The molecule has 6 heteroatoms. The average molecular weight is 391 g/mol. The van der Waals surface area contributed by atoms with Gasteiger partial charge >= 0.3 is 0 Å². The van der Waals surface area contributed by atoms with E-state index in [0.29, 0.717) is 16.9 Å². The number of nitrogens with zero attached hydrogens (tertiary/aromatic N) is 1. The number of hydrogen-bond donors (Lipinski definition) is 2. The first-order chi connectivity index (χ1) is 13.9. The van der Waals surface area contributed by atoms with Crippen molar-refractivity contribution in [3.05, 3.63) is 83.2 Å². The summed E-state index contributed by atoms with van der Waals surface area (Å²) in [4.78, 5) is 24.9. The molecule has 3 aromatic rings. The molecule has 0 atom stereocenters. The van der Waals surface area contributed by atoms with E-state index in [1.807, 2.05) is 68.7 Å². The van der Waals surface area contributed by atoms with E-state index in [1.165, 1.54) is 0 Å². The topological polar surface area (TPSA) is 72.4 Å². The number of benzene rings is 2. The summed E-state index contributed by atoms with van der Waals surface area (Å²) >= 11 is 0. The van der Waals surface area contributed by atoms with E-state index in [-0.39, 0.29) is 12.0 Å². The average Bonchev–Trinajstić information content (AvgIpc) is 3.01. The number of aryl methyl sites for hydroxylation is 1. The Balaban J connectivity index is 1.67. The van der Waals surface area contributed by atoms with Gasteiger partial charge < -0.3 is 9.30 Å². The molecule has 2 N–H and O–H groups in total. The van der Waals surface area contributed by atoms with E-state index in [1.54, 1.807) is 24.3 Å². The molecule has 3 rings (SSSR count). The number of nitrogens with one attached hydrogen (secondary N) is 2. The Morgan fingerprint density at radius 2 is 1.52 bits per heavy atom. The van der Waals surface area contributed by atoms with Crippen LogP contribution in [0.1, 0.15) is 46.0 Å². The summed E-state index contributed by atoms with van der Waals surface area (Å²) in [6.07, 6.45) is 0.0591. The summed E-state index contributed by atoms with van der Waals surface area (Å²) in [5.74, 6) is -0.0753. The Morgan fingerprint density at radius 3 is 2.14 bits per heavy atom. The van der Waals surface area contributed by atoms with Crippen LogP contribution in [0.2, 0.25) is 0 Å². The number of hydrogen-bond acceptors (Lipinski definition) is 3. The monoisotopic (exact) mass is 391 g/mol. The fourth-order valence-electron chi connectivity index (χ4n) is 3.18. The number of aromatic nitrogens is 1. The Kier molecular flexibility index (Phi) is 6.02. The third-order valence-electron chi connectivity index (χ3n) is 4.47. The van der Waals surface area contributed by atoms with Gasteiger partial charge in [0.2, 0.25) is 0 Å². The van der Waals surface area contributed by atoms with Crippen LogP contribution < -0.4 is 15.6 Å². The smallest absolute Gasteiger partial charge is 0.271 e. The van der Waals surface area contributed by atoms with Crippen LogP contribution in [0.3, 0.4) is 0 Å². The lowest BCUT2D eigenvalue weighted by atomic mass is 10.2. The zero-order chi connectivity index (χ0) is 21.0. The second-order valence-electron chi connectivity index (χ2n) is 7.05. The fraction of sp³-hybridized carbons (Fsp3) is 0.217. The van der Waals surface area contributed by atoms with Crippen molar-refractivity contribution in [2.45, 2.75) is 33.8 Å². The molecule has 2 amide bonds. The van der Waals surface area contributed by atoms with Crippen molar-refractivity contribution in [1.29, 1.82) is 0 Å². The molecular formula is C23H25N3O3. The molecule has 0 bridgehead atoms. The van der Waals surface area contributed by atoms with Crippen LogP contribution >= 0.6 is 0 Å². The molecule has 2 aromatic carbocycles. The molecule has 0 aliphatic rings. The second kappa shape index (κ2) is 8.65. The highest BCUT2D eigenvalue weighted by Crippen LogP contribution is 2.20. The zero-order valence-electron chi connectivity index (χ0n) is 17.0. The van der Waals surface area contributed by atoms with Crippen LogP contribution in [0.25, 0.3) is 5.69 Å². The SMILES string of the molecule is Cc1cc(C(=O)NNC(=O)c2ccc(OC(C)C)cc2)c(C)n1-c1ccccc1. The summed E-state index contributed by atoms with van der Waals surface area (Å²) in [5.41, 5.74) is 8.61. The van der Waals surface area contributed by atoms with Gasteiger partial charge in [-0.15, -0.1) is 0 Å². The van der Waals surface area contributed by atoms with Crippen molar-refractivity contribution in [3.8, 4) is 11.4 Å². The molecule has 0 saturated carbocycles. The van der Waals surface area contributed by atoms with Gasteiger partial charge in [-0.3, -0.25) is 20.4 Å². The molecule has 0 saturated heterocycles. The summed E-state index contributed by atoms with van der Waals surface area (Å²) in [5, 5.41) is 0. The number of rotatable bonds is 5. The lowest BCUT2D eigenvalue weighted by molar-refractivity contribution is 0.0846. The van der Waals surface area contributed by atoms with E-state index >= 15 is 0 Å². The van der Waals surface area contributed by atoms with Crippen LogP contribution in [0.5, 0.6) is 5.75 Å². The number of carbonyl (C=O) groups is 2. The van der Waals surface area contributed by atoms with Gasteiger partial charge in [-0.1, -0.05) is 18.2 Å². The molecule has 150 valence electrons. The van der Waals surface area contributed by atoms with Gasteiger partial charge in [0.1, 0.15) is 5.75 Å². The van der Waals surface area contributed by atoms with E-state index in [2.05, 4.69) is 10.9 Å². The normalized spacial score (nSPS) is 10.7. The van der Waals surface area contributed by atoms with Crippen LogP contribution in [-0.4, -0.2) is 22.5 Å². The summed E-state index contributed by atoms with van der Waals surface area (Å²) in [6, 6.07) is 18.4. The van der Waals surface area contributed by atoms with Crippen molar-refractivity contribution in [2.24, 2.45) is 0 Å². The predicted molar refractivity (Wildman–Crippen MR) is 112 cm³/mol. The van der Waals surface area contributed by atoms with Crippen molar-refractivity contribution < 1.29 is 14.3 Å². The maximum atomic E-state index is 12.6. The number of hydrazine groups is 1. The zero-order valence-corrected chi connectivity index (χ0v) is 17.0. The molecule has 29 heavy (non-hydrogen) atoms. The predicted octanol–water partition coefficient (Wildman–Crippen LogP) is 3.96. The molecule has 1 heterocycles. The molecule has 0 radical (unpaired) electrons. The minimum Gasteiger partial charge on any atom is -0.491 e. The maximum Gasteiger partial charge on any atom is 0.271 e. The van der Waals surface area contributed by atoms with E-state index in [9.17, 15) is 9.59 Å². The molecular weight excluding hydrogens is 366 g/mol. The van der Waals surface area contributed by atoms with Crippen molar-refractivity contribution in [3.63, 3.8) is 0 Å². The number of ether oxygens (including phenoxy) is 1. The number of para-hydroxylation sites is 1. The van der Waals surface area contributed by atoms with Crippen molar-refractivity contribution in [2.75, 3.05) is 0 Å². The third kappa shape index (κ3) is 4.66. The summed E-state index contributed by atoms with van der Waals surface area (Å²) in [6.45, 7) is 7.69. The van der Waals surface area contributed by atoms with Crippen molar-refractivity contribution in [1.82, 2.24) is 15.4 Å². The van der Waals surface area contributed by atoms with E-state index in [4.69, 9.17) is 4.74 Å². The number of carbonyl (C=O) groups excluding carboxylic acids is 2. The van der Waals surface area contributed by atoms with Crippen LogP contribution in [0.4, 0.5) is 0 Å². The third-order valence-corrected chi connectivity index (χ3v) is 4.47. The van der Waals surface area contributed by atoms with Gasteiger partial charge in [0, 0.05) is 22.6 Å². The first-order valence-electron chi connectivity index (χ1n) is 9.48. The quantitative estimate of drug-likeness (QED) is 0.647. The van der Waals surface area contributed by atoms with Crippen LogP contribution in [0.15, 0.2) is 60.7 Å². The van der Waals surface area contributed by atoms with Crippen LogP contribution in [0, 0.1) is 13.8 Å². The summed E-state index contributed by atoms with van der Waals surface area (Å²) in [7, 11) is 0. The second-order valence-corrected chi connectivity index (χ2v) is 7.05. The largest absolute Gasteiger partial charge is 0.491 e. The molecule has 1 aromatic heterocycles. The lowest BCUT2D eigenvalue weighted by Gasteiger charge is -2.11. The van der Waals surface area contributed by atoms with Gasteiger partial charge in [-0.05, 0) is 70.2 Å². The van der Waals surface area contributed by atoms with Gasteiger partial charge in [-0.25, -0.2) is 0 Å². The standard InChI is InChI=1S/C23H25N3O3/c1-15(2)29-20-12-10-18(11-13-20)22(27)24-25-23(28)21-14-16(3)26(17(21)4)19-8-6-5-7-9-19/h5-15H,1-4H3,(H,24,27)(H,25,28). The first-order valence-corrected chi connectivity index (χ1v) is 9.48. The fourth-order valence-corrected chi connectivity index (χ4v) is 3.18. The van der Waals surface area contributed by atoms with Gasteiger partial charge in [0.25, 0.3) is 11.8 Å². The van der Waals surface area contributed by atoms with E-state index in [0.717, 1.165) is 17.1 Å². The number of amides is 2. The van der Waals surface area contributed by atoms with Crippen molar-refractivity contribution >= 4 is 11.8 Å². The van der Waals surface area contributed by atoms with Gasteiger partial charge in [0.15, 0.2) is 0 Å². The minimum atomic E-state index is -0.397. The van der Waals surface area contributed by atoms with Crippen LogP contribution in [-0.2, 0) is 0 Å². The maximum absolute atomic E-state index is 12.6.